The summed E-state index contributed by atoms with van der Waals surface area (Å²) in [5.41, 5.74) is 0.734. The van der Waals surface area contributed by atoms with E-state index in [1.54, 1.807) is 24.3 Å². The van der Waals surface area contributed by atoms with Gasteiger partial charge in [0.15, 0.2) is 8.32 Å². The van der Waals surface area contributed by atoms with Crippen LogP contribution in [0.5, 0.6) is 5.75 Å². The zero-order chi connectivity index (χ0) is 33.1. The van der Waals surface area contributed by atoms with E-state index in [0.29, 0.717) is 119 Å². The van der Waals surface area contributed by atoms with Gasteiger partial charge >= 0.3 is 0 Å². The normalized spacial score (nSPS) is 12.0. The molecule has 1 N–H and O–H groups in total. The molecular formula is C32H59NO11Si. The van der Waals surface area contributed by atoms with Crippen molar-refractivity contribution in [3.05, 3.63) is 24.3 Å². The van der Waals surface area contributed by atoms with Crippen LogP contribution in [-0.4, -0.2) is 133 Å². The highest BCUT2D eigenvalue weighted by atomic mass is 28.4. The summed E-state index contributed by atoms with van der Waals surface area (Å²) < 4.78 is 55.7. The molecule has 0 heterocycles. The monoisotopic (exact) mass is 661 g/mol. The fraction of sp³-hybridized carbons (Fsp3) is 0.781. The third-order valence-electron chi connectivity index (χ3n) is 6.77. The number of rotatable bonds is 30. The van der Waals surface area contributed by atoms with Gasteiger partial charge in [-0.25, -0.2) is 0 Å². The molecule has 0 unspecified atom stereocenters. The summed E-state index contributed by atoms with van der Waals surface area (Å²) in [6, 6.07) is 7.19. The lowest BCUT2D eigenvalue weighted by atomic mass is 10.2. The summed E-state index contributed by atoms with van der Waals surface area (Å²) >= 11 is 0. The largest absolute Gasteiger partial charge is 0.491 e. The van der Waals surface area contributed by atoms with E-state index in [9.17, 15) is 4.79 Å². The number of hydrogen-bond donors (Lipinski definition) is 1. The van der Waals surface area contributed by atoms with Gasteiger partial charge < -0.3 is 52.4 Å². The molecular weight excluding hydrogens is 602 g/mol. The quantitative estimate of drug-likeness (QED) is 0.0944. The van der Waals surface area contributed by atoms with E-state index in [1.165, 1.54) is 6.92 Å². The maximum Gasteiger partial charge on any atom is 0.221 e. The van der Waals surface area contributed by atoms with Crippen LogP contribution in [0.3, 0.4) is 0 Å². The first-order chi connectivity index (χ1) is 21.6. The first kappa shape index (κ1) is 41.4. The van der Waals surface area contributed by atoms with Crippen LogP contribution in [0.15, 0.2) is 24.3 Å². The Morgan fingerprint density at radius 2 is 0.867 bits per heavy atom. The van der Waals surface area contributed by atoms with Crippen LogP contribution >= 0.6 is 0 Å². The fourth-order valence-corrected chi connectivity index (χ4v) is 4.30. The van der Waals surface area contributed by atoms with Crippen molar-refractivity contribution >= 4 is 19.9 Å². The van der Waals surface area contributed by atoms with Gasteiger partial charge in [-0.15, -0.1) is 0 Å². The smallest absolute Gasteiger partial charge is 0.221 e. The van der Waals surface area contributed by atoms with E-state index >= 15 is 0 Å². The molecule has 0 saturated carbocycles. The lowest BCUT2D eigenvalue weighted by Crippen LogP contribution is -2.41. The standard InChI is InChI=1S/C32H59NO11Si/c1-29(34)33-30-7-9-31(10-8-30)43-27-25-41-23-21-39-19-17-37-15-13-35-11-12-36-14-16-38-18-20-40-22-24-42-26-28-44-45(5,6)32(2,3)4/h7-10H,11-28H2,1-6H3,(H,33,34). The first-order valence-electron chi connectivity index (χ1n) is 15.9. The van der Waals surface area contributed by atoms with Gasteiger partial charge in [0.2, 0.25) is 5.91 Å². The van der Waals surface area contributed by atoms with Gasteiger partial charge in [0, 0.05) is 12.6 Å². The van der Waals surface area contributed by atoms with Crippen molar-refractivity contribution in [3.8, 4) is 5.75 Å². The van der Waals surface area contributed by atoms with Crippen molar-refractivity contribution in [2.45, 2.75) is 45.8 Å². The predicted molar refractivity (Wildman–Crippen MR) is 176 cm³/mol. The Balaban J connectivity index is 1.71. The van der Waals surface area contributed by atoms with Gasteiger partial charge in [0.1, 0.15) is 12.4 Å². The van der Waals surface area contributed by atoms with Crippen molar-refractivity contribution in [1.29, 1.82) is 0 Å². The molecule has 13 heteroatoms. The van der Waals surface area contributed by atoms with Gasteiger partial charge in [-0.2, -0.15) is 0 Å². The van der Waals surface area contributed by atoms with E-state index in [4.69, 9.17) is 47.1 Å². The molecule has 0 aliphatic carbocycles. The summed E-state index contributed by atoms with van der Waals surface area (Å²) in [4.78, 5) is 11.0. The van der Waals surface area contributed by atoms with E-state index < -0.39 is 8.32 Å². The minimum atomic E-state index is -1.70. The average Bonchev–Trinajstić information content (AvgIpc) is 2.98. The minimum Gasteiger partial charge on any atom is -0.491 e. The Hall–Kier alpha value is -1.65. The number of nitrogens with one attached hydrogen (secondary N) is 1. The van der Waals surface area contributed by atoms with Crippen LogP contribution in [0, 0.1) is 0 Å². The van der Waals surface area contributed by atoms with Crippen LogP contribution in [0.25, 0.3) is 0 Å². The molecule has 1 aromatic rings. The second kappa shape index (κ2) is 26.4. The van der Waals surface area contributed by atoms with Crippen LogP contribution in [0.1, 0.15) is 27.7 Å². The molecule has 45 heavy (non-hydrogen) atoms. The third-order valence-corrected chi connectivity index (χ3v) is 11.3. The van der Waals surface area contributed by atoms with Crippen LogP contribution in [-0.2, 0) is 47.1 Å². The highest BCUT2D eigenvalue weighted by molar-refractivity contribution is 6.74. The molecule has 1 aromatic carbocycles. The molecule has 0 radical (unpaired) electrons. The molecule has 0 aromatic heterocycles. The highest BCUT2D eigenvalue weighted by Gasteiger charge is 2.36. The molecule has 1 rings (SSSR count). The van der Waals surface area contributed by atoms with Crippen molar-refractivity contribution in [1.82, 2.24) is 0 Å². The Morgan fingerprint density at radius 1 is 0.556 bits per heavy atom. The highest BCUT2D eigenvalue weighted by Crippen LogP contribution is 2.36. The van der Waals surface area contributed by atoms with Crippen molar-refractivity contribution in [2.75, 3.05) is 124 Å². The molecule has 12 nitrogen and oxygen atoms in total. The van der Waals surface area contributed by atoms with Gasteiger partial charge in [0.25, 0.3) is 0 Å². The molecule has 0 atom stereocenters. The predicted octanol–water partition coefficient (Wildman–Crippen LogP) is 4.18. The Labute approximate surface area is 271 Å². The lowest BCUT2D eigenvalue weighted by Gasteiger charge is -2.36. The van der Waals surface area contributed by atoms with Crippen LogP contribution < -0.4 is 10.1 Å². The molecule has 0 fully saturated rings. The van der Waals surface area contributed by atoms with E-state index in [-0.39, 0.29) is 10.9 Å². The zero-order valence-electron chi connectivity index (χ0n) is 28.5. The second-order valence-electron chi connectivity index (χ2n) is 11.6. The number of carbonyl (C=O) groups excluding carboxylic acids is 1. The topological polar surface area (TPSA) is 121 Å². The van der Waals surface area contributed by atoms with Crippen molar-refractivity contribution in [3.63, 3.8) is 0 Å². The third kappa shape index (κ3) is 24.2. The molecule has 0 aliphatic rings. The van der Waals surface area contributed by atoms with E-state index in [1.807, 2.05) is 0 Å². The van der Waals surface area contributed by atoms with Crippen LogP contribution in [0.2, 0.25) is 18.1 Å². The van der Waals surface area contributed by atoms with Gasteiger partial charge in [0.05, 0.1) is 112 Å². The summed E-state index contributed by atoms with van der Waals surface area (Å²) in [7, 11) is -1.70. The molecule has 262 valence electrons. The van der Waals surface area contributed by atoms with Gasteiger partial charge in [-0.1, -0.05) is 20.8 Å². The summed E-state index contributed by atoms with van der Waals surface area (Å²) in [5, 5.41) is 2.93. The fourth-order valence-electron chi connectivity index (χ4n) is 3.27. The Kier molecular flexibility index (Phi) is 24.3. The first-order valence-corrected chi connectivity index (χ1v) is 18.8. The molecule has 0 spiro atoms. The minimum absolute atomic E-state index is 0.106. The van der Waals surface area contributed by atoms with Crippen molar-refractivity contribution in [2.24, 2.45) is 0 Å². The maximum atomic E-state index is 11.0. The Bertz CT molecular complexity index is 837. The molecule has 0 saturated heterocycles. The summed E-state index contributed by atoms with van der Waals surface area (Å²) in [6.07, 6.45) is 0. The number of hydrogen-bond acceptors (Lipinski definition) is 11. The van der Waals surface area contributed by atoms with Crippen molar-refractivity contribution < 1.29 is 51.9 Å². The number of ether oxygens (including phenoxy) is 9. The summed E-state index contributed by atoms with van der Waals surface area (Å²) in [5.74, 6) is 0.614. The molecule has 0 bridgehead atoms. The Morgan fingerprint density at radius 3 is 1.18 bits per heavy atom. The lowest BCUT2D eigenvalue weighted by molar-refractivity contribution is -0.114. The SMILES string of the molecule is CC(=O)Nc1ccc(OCCOCCOCCOCCOCCOCCOCCOCCOCCO[Si](C)(C)C(C)(C)C)cc1. The summed E-state index contributed by atoms with van der Waals surface area (Å²) in [6.45, 7) is 21.9. The second-order valence-corrected chi connectivity index (χ2v) is 16.4. The number of benzene rings is 1. The van der Waals surface area contributed by atoms with Gasteiger partial charge in [-0.3, -0.25) is 4.79 Å². The molecule has 0 aliphatic heterocycles. The number of carbonyl (C=O) groups is 1. The number of amides is 1. The van der Waals surface area contributed by atoms with E-state index in [2.05, 4.69) is 39.2 Å². The zero-order valence-corrected chi connectivity index (χ0v) is 29.5. The van der Waals surface area contributed by atoms with Crippen LogP contribution in [0.4, 0.5) is 5.69 Å². The average molecular weight is 662 g/mol. The maximum absolute atomic E-state index is 11.0. The van der Waals surface area contributed by atoms with E-state index in [0.717, 1.165) is 11.4 Å². The molecule has 1 amide bonds. The number of anilines is 1. The van der Waals surface area contributed by atoms with Gasteiger partial charge in [-0.05, 0) is 42.4 Å².